The van der Waals surface area contributed by atoms with Crippen LogP contribution in [0.4, 0.5) is 10.1 Å². The van der Waals surface area contributed by atoms with Crippen molar-refractivity contribution in [2.45, 2.75) is 19.4 Å². The molecule has 98 valence electrons. The van der Waals surface area contributed by atoms with Gasteiger partial charge in [-0.15, -0.1) is 0 Å². The van der Waals surface area contributed by atoms with E-state index in [1.807, 2.05) is 0 Å². The largest absolute Gasteiger partial charge is 0.480 e. The lowest BCUT2D eigenvalue weighted by molar-refractivity contribution is -0.141. The molecule has 0 atom stereocenters. The van der Waals surface area contributed by atoms with Gasteiger partial charge in [-0.2, -0.15) is 0 Å². The van der Waals surface area contributed by atoms with Gasteiger partial charge in [0.2, 0.25) is 0 Å². The molecule has 18 heavy (non-hydrogen) atoms. The number of carboxylic acid groups (broad SMARTS) is 1. The molecule has 0 aliphatic heterocycles. The van der Waals surface area contributed by atoms with Crippen molar-refractivity contribution in [3.8, 4) is 0 Å². The smallest absolute Gasteiger partial charge is 0.328 e. The van der Waals surface area contributed by atoms with Crippen LogP contribution in [0.3, 0.4) is 0 Å². The minimum absolute atomic E-state index is 0.101. The molecule has 1 aromatic rings. The van der Waals surface area contributed by atoms with Crippen LogP contribution in [0, 0.1) is 5.82 Å². The molecular weight excluding hydrogens is 239 g/mol. The van der Waals surface area contributed by atoms with E-state index in [0.29, 0.717) is 0 Å². The van der Waals surface area contributed by atoms with E-state index in [1.165, 1.54) is 26.0 Å². The molecule has 0 amide bonds. The standard InChI is InChI=1S/C12H15FN2O3/c1-12(2,11(17)18)15-7-3-4-8(9(13)5-7)10(16)6-14/h3-5,15H,6,14H2,1-2H3,(H,17,18). The molecular formula is C12H15FN2O3. The number of carboxylic acids is 1. The van der Waals surface area contributed by atoms with Crippen LogP contribution in [0.2, 0.25) is 0 Å². The Morgan fingerprint density at radius 1 is 1.44 bits per heavy atom. The second-order valence-electron chi connectivity index (χ2n) is 4.38. The van der Waals surface area contributed by atoms with Gasteiger partial charge >= 0.3 is 5.97 Å². The minimum Gasteiger partial charge on any atom is -0.480 e. The van der Waals surface area contributed by atoms with Crippen LogP contribution < -0.4 is 11.1 Å². The first kappa shape index (κ1) is 14.1. The summed E-state index contributed by atoms with van der Waals surface area (Å²) in [6, 6.07) is 3.80. The first-order valence-corrected chi connectivity index (χ1v) is 5.32. The number of Topliss-reactive ketones (excluding diaryl/α,β-unsaturated/α-hetero) is 1. The summed E-state index contributed by atoms with van der Waals surface area (Å²) in [5, 5.41) is 11.6. The second kappa shape index (κ2) is 5.14. The number of benzene rings is 1. The van der Waals surface area contributed by atoms with Gasteiger partial charge < -0.3 is 16.2 Å². The van der Waals surface area contributed by atoms with Crippen molar-refractivity contribution in [1.29, 1.82) is 0 Å². The summed E-state index contributed by atoms with van der Waals surface area (Å²) in [6.07, 6.45) is 0. The number of nitrogens with one attached hydrogen (secondary N) is 1. The Labute approximate surface area is 104 Å². The Bertz CT molecular complexity index is 486. The van der Waals surface area contributed by atoms with Crippen molar-refractivity contribution in [2.24, 2.45) is 5.73 Å². The molecule has 0 saturated heterocycles. The molecule has 0 aliphatic carbocycles. The average Bonchev–Trinajstić information content (AvgIpc) is 2.27. The van der Waals surface area contributed by atoms with Crippen LogP contribution in [-0.2, 0) is 4.79 Å². The highest BCUT2D eigenvalue weighted by Gasteiger charge is 2.26. The zero-order chi connectivity index (χ0) is 13.9. The van der Waals surface area contributed by atoms with Crippen molar-refractivity contribution in [3.05, 3.63) is 29.6 Å². The first-order chi connectivity index (χ1) is 8.27. The van der Waals surface area contributed by atoms with Crippen LogP contribution in [0.1, 0.15) is 24.2 Å². The maximum Gasteiger partial charge on any atom is 0.328 e. The quantitative estimate of drug-likeness (QED) is 0.687. The summed E-state index contributed by atoms with van der Waals surface area (Å²) in [7, 11) is 0. The van der Waals surface area contributed by atoms with Crippen LogP contribution in [0.5, 0.6) is 0 Å². The SMILES string of the molecule is CC(C)(Nc1ccc(C(=O)CN)c(F)c1)C(=O)O. The summed E-state index contributed by atoms with van der Waals surface area (Å²) in [5.74, 6) is -2.29. The molecule has 6 heteroatoms. The van der Waals surface area contributed by atoms with E-state index in [0.717, 1.165) is 6.07 Å². The van der Waals surface area contributed by atoms with E-state index in [2.05, 4.69) is 5.32 Å². The van der Waals surface area contributed by atoms with E-state index in [-0.39, 0.29) is 17.8 Å². The van der Waals surface area contributed by atoms with Gasteiger partial charge in [0.25, 0.3) is 0 Å². The second-order valence-corrected chi connectivity index (χ2v) is 4.38. The van der Waals surface area contributed by atoms with Gasteiger partial charge in [0.1, 0.15) is 11.4 Å². The Hall–Kier alpha value is -1.95. The summed E-state index contributed by atoms with van der Waals surface area (Å²) in [4.78, 5) is 22.2. The maximum absolute atomic E-state index is 13.6. The highest BCUT2D eigenvalue weighted by molar-refractivity contribution is 5.98. The highest BCUT2D eigenvalue weighted by Crippen LogP contribution is 2.19. The summed E-state index contributed by atoms with van der Waals surface area (Å²) in [6.45, 7) is 2.63. The topological polar surface area (TPSA) is 92.4 Å². The van der Waals surface area contributed by atoms with Crippen LogP contribution in [-0.4, -0.2) is 28.9 Å². The van der Waals surface area contributed by atoms with Gasteiger partial charge in [-0.25, -0.2) is 9.18 Å². The fourth-order valence-electron chi connectivity index (χ4n) is 1.34. The molecule has 0 fully saturated rings. The van der Waals surface area contributed by atoms with Gasteiger partial charge in [-0.1, -0.05) is 0 Å². The van der Waals surface area contributed by atoms with Crippen LogP contribution in [0.15, 0.2) is 18.2 Å². The molecule has 0 bridgehead atoms. The molecule has 1 aromatic carbocycles. The number of rotatable bonds is 5. The fourth-order valence-corrected chi connectivity index (χ4v) is 1.34. The number of carbonyl (C=O) groups excluding carboxylic acids is 1. The molecule has 0 heterocycles. The van der Waals surface area contributed by atoms with Gasteiger partial charge in [0.15, 0.2) is 5.78 Å². The molecule has 0 saturated carbocycles. The Kier molecular flexibility index (Phi) is 4.03. The number of carbonyl (C=O) groups is 2. The van der Waals surface area contributed by atoms with E-state index >= 15 is 0 Å². The van der Waals surface area contributed by atoms with Crippen LogP contribution in [0.25, 0.3) is 0 Å². The molecule has 0 radical (unpaired) electrons. The predicted molar refractivity (Wildman–Crippen MR) is 65.1 cm³/mol. The van der Waals surface area contributed by atoms with Gasteiger partial charge in [0.05, 0.1) is 12.1 Å². The Morgan fingerprint density at radius 3 is 2.50 bits per heavy atom. The van der Waals surface area contributed by atoms with E-state index < -0.39 is 23.1 Å². The molecule has 0 aliphatic rings. The molecule has 1 rings (SSSR count). The fraction of sp³-hybridized carbons (Fsp3) is 0.333. The van der Waals surface area contributed by atoms with Crippen LogP contribution >= 0.6 is 0 Å². The Balaban J connectivity index is 2.99. The monoisotopic (exact) mass is 254 g/mol. The third kappa shape index (κ3) is 3.04. The van der Waals surface area contributed by atoms with Gasteiger partial charge in [-0.3, -0.25) is 4.79 Å². The number of hydrogen-bond donors (Lipinski definition) is 3. The first-order valence-electron chi connectivity index (χ1n) is 5.32. The third-order valence-corrected chi connectivity index (χ3v) is 2.45. The molecule has 5 nitrogen and oxygen atoms in total. The van der Waals surface area contributed by atoms with Crippen molar-refractivity contribution in [3.63, 3.8) is 0 Å². The third-order valence-electron chi connectivity index (χ3n) is 2.45. The van der Waals surface area contributed by atoms with E-state index in [9.17, 15) is 14.0 Å². The number of anilines is 1. The maximum atomic E-state index is 13.6. The number of hydrogen-bond acceptors (Lipinski definition) is 4. The summed E-state index contributed by atoms with van der Waals surface area (Å²) < 4.78 is 13.6. The van der Waals surface area contributed by atoms with Gasteiger partial charge in [0, 0.05) is 5.69 Å². The molecule has 4 N–H and O–H groups in total. The molecule has 0 spiro atoms. The minimum atomic E-state index is -1.23. The Morgan fingerprint density at radius 2 is 2.06 bits per heavy atom. The van der Waals surface area contributed by atoms with Crippen molar-refractivity contribution >= 4 is 17.4 Å². The normalized spacial score (nSPS) is 11.1. The van der Waals surface area contributed by atoms with E-state index in [1.54, 1.807) is 0 Å². The lowest BCUT2D eigenvalue weighted by atomic mass is 10.0. The number of halogens is 1. The predicted octanol–water partition coefficient (Wildman–Crippen LogP) is 1.24. The zero-order valence-corrected chi connectivity index (χ0v) is 10.2. The summed E-state index contributed by atoms with van der Waals surface area (Å²) >= 11 is 0. The van der Waals surface area contributed by atoms with Crippen molar-refractivity contribution in [2.75, 3.05) is 11.9 Å². The van der Waals surface area contributed by atoms with Crippen molar-refractivity contribution in [1.82, 2.24) is 0 Å². The molecule has 0 aromatic heterocycles. The zero-order valence-electron chi connectivity index (χ0n) is 10.2. The number of aliphatic carboxylic acids is 1. The van der Waals surface area contributed by atoms with Gasteiger partial charge in [-0.05, 0) is 32.0 Å². The number of ketones is 1. The lowest BCUT2D eigenvalue weighted by Gasteiger charge is -2.22. The highest BCUT2D eigenvalue weighted by atomic mass is 19.1. The van der Waals surface area contributed by atoms with E-state index in [4.69, 9.17) is 10.8 Å². The average molecular weight is 254 g/mol. The summed E-state index contributed by atoms with van der Waals surface area (Å²) in [5.41, 5.74) is 4.10. The number of nitrogens with two attached hydrogens (primary N) is 1. The molecule has 0 unspecified atom stereocenters. The van der Waals surface area contributed by atoms with Crippen molar-refractivity contribution < 1.29 is 19.1 Å². The lowest BCUT2D eigenvalue weighted by Crippen LogP contribution is -2.40.